The van der Waals surface area contributed by atoms with Gasteiger partial charge in [0.15, 0.2) is 0 Å². The molecule has 0 radical (unpaired) electrons. The van der Waals surface area contributed by atoms with E-state index >= 15 is 0 Å². The number of carbonyl (C=O) groups is 1. The number of hydrogen-bond donors (Lipinski definition) is 1. The molecule has 0 aromatic heterocycles. The van der Waals surface area contributed by atoms with E-state index in [2.05, 4.69) is 15.1 Å². The van der Waals surface area contributed by atoms with Crippen LogP contribution in [0.3, 0.4) is 0 Å². The average molecular weight is 362 g/mol. The number of piperazine rings is 1. The second kappa shape index (κ2) is 7.85. The van der Waals surface area contributed by atoms with Crippen LogP contribution in [0.4, 0.5) is 15.8 Å². The van der Waals surface area contributed by atoms with Gasteiger partial charge in [-0.05, 0) is 37.3 Å². The van der Waals surface area contributed by atoms with Crippen molar-refractivity contribution in [2.45, 2.75) is 13.0 Å². The number of halogens is 2. The summed E-state index contributed by atoms with van der Waals surface area (Å²) in [5.74, 6) is -0.490. The first-order chi connectivity index (χ1) is 12.0. The fourth-order valence-corrected chi connectivity index (χ4v) is 3.29. The molecule has 3 rings (SSSR count). The number of nitrogens with one attached hydrogen (secondary N) is 1. The van der Waals surface area contributed by atoms with Gasteiger partial charge in [0.1, 0.15) is 5.82 Å². The van der Waals surface area contributed by atoms with Crippen LogP contribution >= 0.6 is 11.6 Å². The predicted molar refractivity (Wildman–Crippen MR) is 99.7 cm³/mol. The van der Waals surface area contributed by atoms with Crippen LogP contribution in [0.25, 0.3) is 0 Å². The lowest BCUT2D eigenvalue weighted by Gasteiger charge is -2.38. The lowest BCUT2D eigenvalue weighted by Crippen LogP contribution is -2.52. The van der Waals surface area contributed by atoms with E-state index < -0.39 is 0 Å². The van der Waals surface area contributed by atoms with Crippen molar-refractivity contribution >= 4 is 28.9 Å². The first-order valence-electron chi connectivity index (χ1n) is 8.34. The molecule has 1 amide bonds. The molecule has 1 saturated heterocycles. The van der Waals surface area contributed by atoms with E-state index in [9.17, 15) is 9.18 Å². The van der Waals surface area contributed by atoms with Gasteiger partial charge < -0.3 is 10.2 Å². The van der Waals surface area contributed by atoms with Crippen LogP contribution < -0.4 is 10.2 Å². The van der Waals surface area contributed by atoms with Crippen LogP contribution in [-0.4, -0.2) is 43.0 Å². The molecule has 1 atom stereocenters. The first kappa shape index (κ1) is 17.7. The van der Waals surface area contributed by atoms with Crippen molar-refractivity contribution in [2.24, 2.45) is 0 Å². The summed E-state index contributed by atoms with van der Waals surface area (Å²) < 4.78 is 13.2. The van der Waals surface area contributed by atoms with Gasteiger partial charge in [0.25, 0.3) is 0 Å². The molecule has 0 aliphatic carbocycles. The molecule has 132 valence electrons. The first-order valence-corrected chi connectivity index (χ1v) is 8.72. The topological polar surface area (TPSA) is 35.6 Å². The van der Waals surface area contributed by atoms with Crippen LogP contribution in [-0.2, 0) is 4.79 Å². The molecular formula is C19H21ClFN3O. The Bertz CT molecular complexity index is 747. The van der Waals surface area contributed by atoms with Crippen molar-refractivity contribution in [3.63, 3.8) is 0 Å². The van der Waals surface area contributed by atoms with E-state index in [1.54, 1.807) is 12.1 Å². The summed E-state index contributed by atoms with van der Waals surface area (Å²) in [6.45, 7) is 5.02. The maximum absolute atomic E-state index is 13.2. The summed E-state index contributed by atoms with van der Waals surface area (Å²) >= 11 is 6.26. The summed E-state index contributed by atoms with van der Waals surface area (Å²) in [5.41, 5.74) is 1.51. The molecule has 0 saturated carbocycles. The van der Waals surface area contributed by atoms with Gasteiger partial charge in [-0.3, -0.25) is 9.69 Å². The Labute approximate surface area is 152 Å². The van der Waals surface area contributed by atoms with Crippen molar-refractivity contribution in [1.29, 1.82) is 0 Å². The average Bonchev–Trinajstić information content (AvgIpc) is 2.62. The molecule has 1 fully saturated rings. The number of anilines is 2. The Kier molecular flexibility index (Phi) is 5.56. The third-order valence-corrected chi connectivity index (χ3v) is 4.85. The Balaban J connectivity index is 1.57. The molecule has 1 unspecified atom stereocenters. The van der Waals surface area contributed by atoms with Gasteiger partial charge in [-0.2, -0.15) is 0 Å². The zero-order chi connectivity index (χ0) is 17.8. The van der Waals surface area contributed by atoms with Gasteiger partial charge in [-0.25, -0.2) is 4.39 Å². The lowest BCUT2D eigenvalue weighted by atomic mass is 10.2. The standard InChI is InChI=1S/C19H21ClFN3O/c1-14(19(25)22-16-6-4-5-15(21)13-16)23-9-11-24(12-10-23)18-8-3-2-7-17(18)20/h2-8,13-14H,9-12H2,1H3,(H,22,25). The van der Waals surface area contributed by atoms with Gasteiger partial charge >= 0.3 is 0 Å². The zero-order valence-corrected chi connectivity index (χ0v) is 14.8. The van der Waals surface area contributed by atoms with Crippen molar-refractivity contribution < 1.29 is 9.18 Å². The molecule has 6 heteroatoms. The summed E-state index contributed by atoms with van der Waals surface area (Å²) in [6.07, 6.45) is 0. The number of hydrogen-bond acceptors (Lipinski definition) is 3. The smallest absolute Gasteiger partial charge is 0.241 e. The lowest BCUT2D eigenvalue weighted by molar-refractivity contribution is -0.120. The summed E-state index contributed by atoms with van der Waals surface area (Å²) in [5, 5.41) is 3.52. The molecule has 0 bridgehead atoms. The maximum atomic E-state index is 13.2. The van der Waals surface area contributed by atoms with E-state index in [0.29, 0.717) is 5.69 Å². The SMILES string of the molecule is CC(C(=O)Nc1cccc(F)c1)N1CCN(c2ccccc2Cl)CC1. The fourth-order valence-electron chi connectivity index (χ4n) is 3.04. The van der Waals surface area contributed by atoms with Gasteiger partial charge in [0, 0.05) is 31.9 Å². The third kappa shape index (κ3) is 4.30. The second-order valence-corrected chi connectivity index (χ2v) is 6.56. The predicted octanol–water partition coefficient (Wildman–Crippen LogP) is 3.63. The third-order valence-electron chi connectivity index (χ3n) is 4.53. The van der Waals surface area contributed by atoms with Gasteiger partial charge in [0.05, 0.1) is 16.8 Å². The molecule has 1 N–H and O–H groups in total. The molecular weight excluding hydrogens is 341 g/mol. The Morgan fingerprint density at radius 2 is 1.84 bits per heavy atom. The van der Waals surface area contributed by atoms with Gasteiger partial charge in [0.2, 0.25) is 5.91 Å². The molecule has 2 aromatic rings. The highest BCUT2D eigenvalue weighted by Crippen LogP contribution is 2.26. The quantitative estimate of drug-likeness (QED) is 0.903. The number of carbonyl (C=O) groups excluding carboxylic acids is 1. The normalized spacial score (nSPS) is 16.5. The summed E-state index contributed by atoms with van der Waals surface area (Å²) in [4.78, 5) is 16.8. The highest BCUT2D eigenvalue weighted by atomic mass is 35.5. The summed E-state index contributed by atoms with van der Waals surface area (Å²) in [6, 6.07) is 13.4. The molecule has 1 heterocycles. The van der Waals surface area contributed by atoms with Crippen molar-refractivity contribution in [2.75, 3.05) is 36.4 Å². The fraction of sp³-hybridized carbons (Fsp3) is 0.316. The minimum Gasteiger partial charge on any atom is -0.368 e. The molecule has 1 aliphatic heterocycles. The van der Waals surface area contributed by atoms with Crippen molar-refractivity contribution in [3.05, 3.63) is 59.4 Å². The van der Waals surface area contributed by atoms with E-state index in [1.807, 2.05) is 31.2 Å². The monoisotopic (exact) mass is 361 g/mol. The molecule has 4 nitrogen and oxygen atoms in total. The molecule has 25 heavy (non-hydrogen) atoms. The number of amides is 1. The van der Waals surface area contributed by atoms with E-state index in [1.165, 1.54) is 12.1 Å². The number of rotatable bonds is 4. The van der Waals surface area contributed by atoms with E-state index in [0.717, 1.165) is 36.9 Å². The largest absolute Gasteiger partial charge is 0.368 e. The molecule has 0 spiro atoms. The second-order valence-electron chi connectivity index (χ2n) is 6.15. The highest BCUT2D eigenvalue weighted by molar-refractivity contribution is 6.33. The Morgan fingerprint density at radius 3 is 2.52 bits per heavy atom. The van der Waals surface area contributed by atoms with Crippen LogP contribution in [0.1, 0.15) is 6.92 Å². The molecule has 1 aliphatic rings. The molecule has 2 aromatic carbocycles. The number of nitrogens with zero attached hydrogens (tertiary/aromatic N) is 2. The van der Waals surface area contributed by atoms with Crippen LogP contribution in [0.5, 0.6) is 0 Å². The van der Waals surface area contributed by atoms with Crippen LogP contribution in [0.2, 0.25) is 5.02 Å². The minimum atomic E-state index is -0.362. The van der Waals surface area contributed by atoms with Crippen LogP contribution in [0.15, 0.2) is 48.5 Å². The van der Waals surface area contributed by atoms with Gasteiger partial charge in [-0.1, -0.05) is 29.8 Å². The van der Waals surface area contributed by atoms with E-state index in [4.69, 9.17) is 11.6 Å². The van der Waals surface area contributed by atoms with Crippen molar-refractivity contribution in [3.8, 4) is 0 Å². The summed E-state index contributed by atoms with van der Waals surface area (Å²) in [7, 11) is 0. The highest BCUT2D eigenvalue weighted by Gasteiger charge is 2.26. The Morgan fingerprint density at radius 1 is 1.12 bits per heavy atom. The number of para-hydroxylation sites is 1. The zero-order valence-electron chi connectivity index (χ0n) is 14.1. The Hall–Kier alpha value is -2.11. The van der Waals surface area contributed by atoms with Crippen molar-refractivity contribution in [1.82, 2.24) is 4.90 Å². The van der Waals surface area contributed by atoms with Gasteiger partial charge in [-0.15, -0.1) is 0 Å². The number of benzene rings is 2. The maximum Gasteiger partial charge on any atom is 0.241 e. The van der Waals surface area contributed by atoms with E-state index in [-0.39, 0.29) is 17.8 Å². The minimum absolute atomic E-state index is 0.128. The van der Waals surface area contributed by atoms with Crippen LogP contribution in [0, 0.1) is 5.82 Å².